The van der Waals surface area contributed by atoms with Gasteiger partial charge in [0.15, 0.2) is 0 Å². The molecule has 2 unspecified atom stereocenters. The van der Waals surface area contributed by atoms with Crippen LogP contribution in [0.3, 0.4) is 0 Å². The number of aromatic amines is 1. The normalized spacial score (nSPS) is 18.7. The van der Waals surface area contributed by atoms with Crippen LogP contribution in [0.15, 0.2) is 70.8 Å². The van der Waals surface area contributed by atoms with Crippen LogP contribution >= 0.6 is 11.3 Å². The zero-order chi connectivity index (χ0) is 21.6. The first-order chi connectivity index (χ1) is 15.1. The van der Waals surface area contributed by atoms with Crippen LogP contribution in [-0.4, -0.2) is 28.2 Å². The molecule has 4 rings (SSSR count). The summed E-state index contributed by atoms with van der Waals surface area (Å²) in [5.74, 6) is -0.320. The minimum absolute atomic E-state index is 0.0583. The third kappa shape index (κ3) is 5.11. The Hall–Kier alpha value is -3.19. The van der Waals surface area contributed by atoms with Crippen molar-refractivity contribution in [3.63, 3.8) is 0 Å². The van der Waals surface area contributed by atoms with Crippen molar-refractivity contribution in [2.24, 2.45) is 5.92 Å². The number of benzene rings is 2. The van der Waals surface area contributed by atoms with Crippen molar-refractivity contribution in [2.75, 3.05) is 6.54 Å². The molecule has 2 atom stereocenters. The van der Waals surface area contributed by atoms with Crippen LogP contribution in [0.5, 0.6) is 0 Å². The molecule has 2 N–H and O–H groups in total. The number of carbonyl (C=O) groups is 2. The van der Waals surface area contributed by atoms with Gasteiger partial charge in [-0.05, 0) is 17.5 Å². The van der Waals surface area contributed by atoms with Gasteiger partial charge in [-0.1, -0.05) is 72.0 Å². The summed E-state index contributed by atoms with van der Waals surface area (Å²) in [6.45, 7) is 0.912. The summed E-state index contributed by atoms with van der Waals surface area (Å²) in [6.07, 6.45) is 1.44. The van der Waals surface area contributed by atoms with Crippen LogP contribution in [0.2, 0.25) is 0 Å². The number of piperidine rings is 1. The number of aromatic nitrogens is 1. The van der Waals surface area contributed by atoms with Crippen LogP contribution in [0.1, 0.15) is 35.7 Å². The molecule has 1 fully saturated rings. The lowest BCUT2D eigenvalue weighted by Crippen LogP contribution is -2.48. The highest BCUT2D eigenvalue weighted by Crippen LogP contribution is 2.37. The highest BCUT2D eigenvalue weighted by atomic mass is 32.1. The molecule has 1 aliphatic rings. The van der Waals surface area contributed by atoms with Crippen LogP contribution in [0.25, 0.3) is 0 Å². The zero-order valence-electron chi connectivity index (χ0n) is 17.1. The van der Waals surface area contributed by atoms with Gasteiger partial charge in [0.2, 0.25) is 11.8 Å². The molecule has 1 aliphatic heterocycles. The summed E-state index contributed by atoms with van der Waals surface area (Å²) < 4.78 is 0. The standard InChI is InChI=1S/C24H25N3O3S/c28-21-12-11-20(23(29)25-14-13-19-16-31-24(30)26-19)22(18-9-5-2-6-10-18)27(21)15-17-7-3-1-4-8-17/h1-10,16,20,22H,11-15H2,(H,25,29)(H,26,30). The van der Waals surface area contributed by atoms with E-state index in [1.807, 2.05) is 65.6 Å². The van der Waals surface area contributed by atoms with E-state index in [1.54, 1.807) is 5.38 Å². The van der Waals surface area contributed by atoms with Crippen LogP contribution in [-0.2, 0) is 22.6 Å². The number of rotatable bonds is 7. The first-order valence-electron chi connectivity index (χ1n) is 10.4. The van der Waals surface area contributed by atoms with Crippen molar-refractivity contribution in [1.82, 2.24) is 15.2 Å². The summed E-state index contributed by atoms with van der Waals surface area (Å²) >= 11 is 1.12. The highest BCUT2D eigenvalue weighted by Gasteiger charge is 2.40. The Morgan fingerprint density at radius 3 is 2.45 bits per heavy atom. The van der Waals surface area contributed by atoms with Gasteiger partial charge in [-0.15, -0.1) is 0 Å². The average Bonchev–Trinajstić information content (AvgIpc) is 3.21. The Kier molecular flexibility index (Phi) is 6.62. The van der Waals surface area contributed by atoms with Crippen molar-refractivity contribution in [3.8, 4) is 0 Å². The Balaban J connectivity index is 1.53. The van der Waals surface area contributed by atoms with Crippen molar-refractivity contribution in [2.45, 2.75) is 31.8 Å². The van der Waals surface area contributed by atoms with Gasteiger partial charge in [0.25, 0.3) is 0 Å². The lowest BCUT2D eigenvalue weighted by atomic mass is 9.83. The number of likely N-dealkylation sites (tertiary alicyclic amines) is 1. The Bertz CT molecular complexity index is 1080. The van der Waals surface area contributed by atoms with Crippen LogP contribution < -0.4 is 10.2 Å². The van der Waals surface area contributed by atoms with Gasteiger partial charge in [-0.2, -0.15) is 0 Å². The molecular formula is C24H25N3O3S. The molecule has 3 aromatic rings. The fraction of sp³-hybridized carbons (Fsp3) is 0.292. The predicted octanol–water partition coefficient (Wildman–Crippen LogP) is 3.28. The number of thiazole rings is 1. The number of nitrogens with one attached hydrogen (secondary N) is 2. The number of H-pyrrole nitrogens is 1. The van der Waals surface area contributed by atoms with Crippen molar-refractivity contribution < 1.29 is 9.59 Å². The van der Waals surface area contributed by atoms with Gasteiger partial charge in [-0.3, -0.25) is 14.4 Å². The first-order valence-corrected chi connectivity index (χ1v) is 11.3. The monoisotopic (exact) mass is 435 g/mol. The van der Waals surface area contributed by atoms with Crippen molar-refractivity contribution in [3.05, 3.63) is 92.5 Å². The van der Waals surface area contributed by atoms with E-state index in [0.29, 0.717) is 32.4 Å². The quantitative estimate of drug-likeness (QED) is 0.598. The molecule has 31 heavy (non-hydrogen) atoms. The SMILES string of the molecule is O=C(NCCc1csc(=O)[nH]1)C1CCC(=O)N(Cc2ccccc2)C1c1ccccc1. The third-order valence-electron chi connectivity index (χ3n) is 5.64. The summed E-state index contributed by atoms with van der Waals surface area (Å²) in [5, 5.41) is 4.79. The smallest absolute Gasteiger partial charge is 0.304 e. The molecule has 0 radical (unpaired) electrons. The Labute approximate surface area is 184 Å². The molecule has 1 saturated heterocycles. The van der Waals surface area contributed by atoms with Gasteiger partial charge >= 0.3 is 4.87 Å². The minimum Gasteiger partial charge on any atom is -0.355 e. The molecule has 0 aliphatic carbocycles. The van der Waals surface area contributed by atoms with E-state index in [9.17, 15) is 14.4 Å². The molecular weight excluding hydrogens is 410 g/mol. The first kappa shape index (κ1) is 21.1. The van der Waals surface area contributed by atoms with Crippen LogP contribution in [0, 0.1) is 5.92 Å². The van der Waals surface area contributed by atoms with E-state index < -0.39 is 0 Å². The molecule has 6 nitrogen and oxygen atoms in total. The average molecular weight is 436 g/mol. The topological polar surface area (TPSA) is 82.3 Å². The lowest BCUT2D eigenvalue weighted by Gasteiger charge is -2.41. The molecule has 2 amide bonds. The van der Waals surface area contributed by atoms with Crippen LogP contribution in [0.4, 0.5) is 0 Å². The Morgan fingerprint density at radius 2 is 1.77 bits per heavy atom. The number of hydrogen-bond acceptors (Lipinski definition) is 4. The molecule has 7 heteroatoms. The second-order valence-electron chi connectivity index (χ2n) is 7.72. The van der Waals surface area contributed by atoms with Gasteiger partial charge in [0, 0.05) is 37.0 Å². The summed E-state index contributed by atoms with van der Waals surface area (Å²) in [5.41, 5.74) is 2.83. The van der Waals surface area contributed by atoms with E-state index in [0.717, 1.165) is 28.2 Å². The fourth-order valence-electron chi connectivity index (χ4n) is 4.14. The molecule has 0 saturated carbocycles. The number of hydrogen-bond donors (Lipinski definition) is 2. The number of amides is 2. The van der Waals surface area contributed by atoms with Gasteiger partial charge in [-0.25, -0.2) is 0 Å². The van der Waals surface area contributed by atoms with Gasteiger partial charge < -0.3 is 15.2 Å². The molecule has 1 aromatic heterocycles. The van der Waals surface area contributed by atoms with E-state index in [2.05, 4.69) is 10.3 Å². The van der Waals surface area contributed by atoms with Gasteiger partial charge in [0.05, 0.1) is 12.0 Å². The molecule has 2 heterocycles. The maximum Gasteiger partial charge on any atom is 0.304 e. The molecule has 0 bridgehead atoms. The Morgan fingerprint density at radius 1 is 1.06 bits per heavy atom. The predicted molar refractivity (Wildman–Crippen MR) is 121 cm³/mol. The maximum absolute atomic E-state index is 13.2. The second kappa shape index (κ2) is 9.75. The summed E-state index contributed by atoms with van der Waals surface area (Å²) in [4.78, 5) is 41.9. The zero-order valence-corrected chi connectivity index (χ0v) is 17.9. The number of carbonyl (C=O) groups excluding carboxylic acids is 2. The minimum atomic E-state index is -0.328. The van der Waals surface area contributed by atoms with Gasteiger partial charge in [0.1, 0.15) is 0 Å². The molecule has 2 aromatic carbocycles. The highest BCUT2D eigenvalue weighted by molar-refractivity contribution is 7.07. The molecule has 160 valence electrons. The lowest BCUT2D eigenvalue weighted by molar-refractivity contribution is -0.144. The largest absolute Gasteiger partial charge is 0.355 e. The van der Waals surface area contributed by atoms with E-state index in [1.165, 1.54) is 0 Å². The fourth-order valence-corrected chi connectivity index (χ4v) is 4.76. The third-order valence-corrected chi connectivity index (χ3v) is 6.36. The summed E-state index contributed by atoms with van der Waals surface area (Å²) in [6, 6.07) is 19.3. The summed E-state index contributed by atoms with van der Waals surface area (Å²) in [7, 11) is 0. The second-order valence-corrected chi connectivity index (χ2v) is 8.56. The van der Waals surface area contributed by atoms with E-state index in [-0.39, 0.29) is 28.6 Å². The maximum atomic E-state index is 13.2. The number of nitrogens with zero attached hydrogens (tertiary/aromatic N) is 1. The van der Waals surface area contributed by atoms with Crippen molar-refractivity contribution in [1.29, 1.82) is 0 Å². The van der Waals surface area contributed by atoms with Crippen molar-refractivity contribution >= 4 is 23.2 Å². The molecule has 0 spiro atoms. The van der Waals surface area contributed by atoms with E-state index >= 15 is 0 Å². The van der Waals surface area contributed by atoms with E-state index in [4.69, 9.17) is 0 Å².